The van der Waals surface area contributed by atoms with Crippen molar-refractivity contribution in [1.29, 1.82) is 0 Å². The van der Waals surface area contributed by atoms with Crippen LogP contribution in [0.4, 0.5) is 5.95 Å². The number of allylic oxidation sites excluding steroid dienone is 2. The number of piperidine rings is 1. The van der Waals surface area contributed by atoms with Crippen molar-refractivity contribution in [2.45, 2.75) is 71.6 Å². The first-order valence-electron chi connectivity index (χ1n) is 12.8. The second-order valence-electron chi connectivity index (χ2n) is 10.7. The second-order valence-corrected chi connectivity index (χ2v) is 10.7. The van der Waals surface area contributed by atoms with E-state index in [9.17, 15) is 9.59 Å². The van der Waals surface area contributed by atoms with Crippen LogP contribution in [0.25, 0.3) is 11.2 Å². The van der Waals surface area contributed by atoms with Gasteiger partial charge >= 0.3 is 5.69 Å². The number of fused-ring (bicyclic) bond motifs is 1. The van der Waals surface area contributed by atoms with E-state index in [-0.39, 0.29) is 30.4 Å². The minimum Gasteiger partial charge on any atom is -0.341 e. The smallest absolute Gasteiger partial charge is 0.333 e. The molecule has 0 amide bonds. The molecule has 0 bridgehead atoms. The maximum Gasteiger partial charge on any atom is 0.333 e. The summed E-state index contributed by atoms with van der Waals surface area (Å²) in [5.74, 6) is 0.677. The molecule has 0 aliphatic carbocycles. The molecule has 4 rings (SSSR count). The maximum atomic E-state index is 14.0. The van der Waals surface area contributed by atoms with E-state index in [0.717, 1.165) is 30.5 Å². The Bertz CT molecular complexity index is 1360. The molecule has 3 aromatic rings. The lowest BCUT2D eigenvalue weighted by molar-refractivity contribution is 0.348. The van der Waals surface area contributed by atoms with E-state index < -0.39 is 5.54 Å². The number of aryl methyl sites for hydroxylation is 1. The summed E-state index contributed by atoms with van der Waals surface area (Å²) in [6.07, 6.45) is 4.56. The van der Waals surface area contributed by atoms with Gasteiger partial charge in [0.05, 0.1) is 5.54 Å². The predicted octanol–water partition coefficient (Wildman–Crippen LogP) is 2.19. The van der Waals surface area contributed by atoms with Gasteiger partial charge in [-0.15, -0.1) is 0 Å². The fraction of sp³-hybridized carbons (Fsp3) is 0.519. The van der Waals surface area contributed by atoms with Crippen LogP contribution in [-0.4, -0.2) is 44.4 Å². The van der Waals surface area contributed by atoms with Crippen LogP contribution in [0.15, 0.2) is 51.6 Å². The summed E-state index contributed by atoms with van der Waals surface area (Å²) in [5, 5.41) is 0. The van der Waals surface area contributed by atoms with Gasteiger partial charge in [-0.05, 0) is 52.5 Å². The molecule has 2 aromatic heterocycles. The first-order valence-corrected chi connectivity index (χ1v) is 12.8. The van der Waals surface area contributed by atoms with Crippen LogP contribution in [0.1, 0.15) is 46.1 Å². The highest BCUT2D eigenvalue weighted by atomic mass is 16.2. The Hall–Kier alpha value is -3.17. The maximum absolute atomic E-state index is 14.0. The third-order valence-corrected chi connectivity index (χ3v) is 7.01. The molecular weight excluding hydrogens is 454 g/mol. The number of anilines is 1. The Balaban J connectivity index is 1.98. The van der Waals surface area contributed by atoms with Crippen molar-refractivity contribution in [3.8, 4) is 0 Å². The van der Waals surface area contributed by atoms with Crippen molar-refractivity contribution in [2.24, 2.45) is 11.5 Å². The van der Waals surface area contributed by atoms with Gasteiger partial charge in [0, 0.05) is 38.8 Å². The van der Waals surface area contributed by atoms with E-state index in [1.807, 2.05) is 62.6 Å². The molecule has 0 saturated carbocycles. The van der Waals surface area contributed by atoms with Gasteiger partial charge in [-0.1, -0.05) is 42.0 Å². The number of hydrogen-bond donors (Lipinski definition) is 2. The first kappa shape index (κ1) is 25.9. The third kappa shape index (κ3) is 5.03. The van der Waals surface area contributed by atoms with Crippen molar-refractivity contribution in [1.82, 2.24) is 18.7 Å². The van der Waals surface area contributed by atoms with Gasteiger partial charge in [-0.2, -0.15) is 4.98 Å². The van der Waals surface area contributed by atoms with Crippen molar-refractivity contribution in [3.63, 3.8) is 0 Å². The predicted molar refractivity (Wildman–Crippen MR) is 146 cm³/mol. The molecule has 1 aliphatic heterocycles. The van der Waals surface area contributed by atoms with Crippen LogP contribution in [0, 0.1) is 0 Å². The normalized spacial score (nSPS) is 16.5. The number of benzene rings is 1. The van der Waals surface area contributed by atoms with Gasteiger partial charge in [-0.25, -0.2) is 4.79 Å². The molecule has 1 unspecified atom stereocenters. The number of aromatic nitrogens is 4. The zero-order valence-electron chi connectivity index (χ0n) is 21.9. The van der Waals surface area contributed by atoms with Crippen LogP contribution in [-0.2, 0) is 25.0 Å². The van der Waals surface area contributed by atoms with E-state index in [2.05, 4.69) is 11.0 Å². The van der Waals surface area contributed by atoms with Crippen LogP contribution in [0.3, 0.4) is 0 Å². The fourth-order valence-corrected chi connectivity index (χ4v) is 4.82. The number of hydrogen-bond acceptors (Lipinski definition) is 6. The Labute approximate surface area is 212 Å². The number of nitrogens with two attached hydrogens (primary N) is 2. The number of imidazole rings is 1. The Kier molecular flexibility index (Phi) is 7.51. The summed E-state index contributed by atoms with van der Waals surface area (Å²) < 4.78 is 4.91. The minimum atomic E-state index is -0.733. The van der Waals surface area contributed by atoms with E-state index >= 15 is 0 Å². The van der Waals surface area contributed by atoms with E-state index in [1.165, 1.54) is 4.57 Å². The molecule has 3 heterocycles. The SMILES string of the molecule is CC(C)=CCn1c(N2CCCC(N)C2)nc2c1c(=O)n(CCc1ccccc1)c(=O)n2C(C)(C)CN. The molecule has 1 saturated heterocycles. The van der Waals surface area contributed by atoms with E-state index in [4.69, 9.17) is 16.5 Å². The number of rotatable bonds is 8. The summed E-state index contributed by atoms with van der Waals surface area (Å²) in [6, 6.07) is 9.92. The standard InChI is InChI=1S/C27H39N7O2/c1-19(2)12-15-32-22-23(30-25(32)31-14-8-11-21(29)17-31)34(27(3,4)18-28)26(36)33(24(22)35)16-13-20-9-6-5-7-10-20/h5-7,9-10,12,21H,8,11,13-18,28-29H2,1-4H3. The minimum absolute atomic E-state index is 0.0423. The van der Waals surface area contributed by atoms with Crippen LogP contribution >= 0.6 is 0 Å². The molecule has 1 fully saturated rings. The lowest BCUT2D eigenvalue weighted by Gasteiger charge is -2.31. The molecule has 4 N–H and O–H groups in total. The fourth-order valence-electron chi connectivity index (χ4n) is 4.82. The van der Waals surface area contributed by atoms with Crippen LogP contribution in [0.5, 0.6) is 0 Å². The molecule has 1 aliphatic rings. The zero-order valence-corrected chi connectivity index (χ0v) is 21.9. The van der Waals surface area contributed by atoms with Gasteiger partial charge in [0.25, 0.3) is 5.56 Å². The van der Waals surface area contributed by atoms with Crippen molar-refractivity contribution < 1.29 is 0 Å². The quantitative estimate of drug-likeness (QED) is 0.465. The van der Waals surface area contributed by atoms with E-state index in [0.29, 0.717) is 36.6 Å². The molecule has 1 atom stereocenters. The molecule has 0 radical (unpaired) electrons. The summed E-state index contributed by atoms with van der Waals surface area (Å²) in [6.45, 7) is 10.3. The lowest BCUT2D eigenvalue weighted by atomic mass is 10.1. The highest BCUT2D eigenvalue weighted by Gasteiger charge is 2.31. The Morgan fingerprint density at radius 3 is 2.53 bits per heavy atom. The average molecular weight is 494 g/mol. The topological polar surface area (TPSA) is 117 Å². The van der Waals surface area contributed by atoms with Crippen molar-refractivity contribution in [2.75, 3.05) is 24.5 Å². The summed E-state index contributed by atoms with van der Waals surface area (Å²) in [4.78, 5) is 34.9. The highest BCUT2D eigenvalue weighted by molar-refractivity contribution is 5.75. The molecular formula is C27H39N7O2. The van der Waals surface area contributed by atoms with E-state index in [1.54, 1.807) is 4.57 Å². The van der Waals surface area contributed by atoms with Crippen molar-refractivity contribution >= 4 is 17.1 Å². The molecule has 9 heteroatoms. The largest absolute Gasteiger partial charge is 0.341 e. The summed E-state index contributed by atoms with van der Waals surface area (Å²) >= 11 is 0. The molecule has 0 spiro atoms. The van der Waals surface area contributed by atoms with Crippen LogP contribution in [0.2, 0.25) is 0 Å². The molecule has 36 heavy (non-hydrogen) atoms. The van der Waals surface area contributed by atoms with Gasteiger partial charge in [-0.3, -0.25) is 13.9 Å². The Morgan fingerprint density at radius 2 is 1.89 bits per heavy atom. The lowest BCUT2D eigenvalue weighted by Crippen LogP contribution is -2.49. The summed E-state index contributed by atoms with van der Waals surface area (Å²) in [5.41, 5.74) is 14.0. The highest BCUT2D eigenvalue weighted by Crippen LogP contribution is 2.26. The zero-order chi connectivity index (χ0) is 26.0. The first-order chi connectivity index (χ1) is 17.1. The van der Waals surface area contributed by atoms with Gasteiger partial charge in [0.2, 0.25) is 5.95 Å². The molecule has 194 valence electrons. The van der Waals surface area contributed by atoms with Gasteiger partial charge < -0.3 is 20.9 Å². The second kappa shape index (κ2) is 10.4. The Morgan fingerprint density at radius 1 is 1.17 bits per heavy atom. The number of nitrogens with zero attached hydrogens (tertiary/aromatic N) is 5. The van der Waals surface area contributed by atoms with Gasteiger partial charge in [0.15, 0.2) is 11.2 Å². The monoisotopic (exact) mass is 493 g/mol. The molecule has 1 aromatic carbocycles. The third-order valence-electron chi connectivity index (χ3n) is 7.01. The molecule has 9 nitrogen and oxygen atoms in total. The average Bonchev–Trinajstić information content (AvgIpc) is 3.22. The van der Waals surface area contributed by atoms with Crippen molar-refractivity contribution in [3.05, 3.63) is 68.4 Å². The van der Waals surface area contributed by atoms with Crippen LogP contribution < -0.4 is 27.6 Å². The van der Waals surface area contributed by atoms with Gasteiger partial charge in [0.1, 0.15) is 0 Å². The summed E-state index contributed by atoms with van der Waals surface area (Å²) in [7, 11) is 0.